The van der Waals surface area contributed by atoms with Crippen molar-refractivity contribution in [1.29, 1.82) is 0 Å². The number of nitrogens with zero attached hydrogens (tertiary/aromatic N) is 5. The van der Waals surface area contributed by atoms with Crippen LogP contribution in [0.1, 0.15) is 81.5 Å². The Balaban J connectivity index is 1.18. The molecule has 0 radical (unpaired) electrons. The van der Waals surface area contributed by atoms with Crippen LogP contribution in [-0.4, -0.2) is 72.2 Å². The first-order valence-corrected chi connectivity index (χ1v) is 14.3. The molecule has 2 aromatic rings. The number of hydrogen-bond donors (Lipinski definition) is 1. The van der Waals surface area contributed by atoms with E-state index in [0.29, 0.717) is 37.9 Å². The first-order valence-electron chi connectivity index (χ1n) is 14.3. The number of carbonyl (C=O) groups is 2. The second-order valence-electron chi connectivity index (χ2n) is 10.9. The number of pyridine rings is 1. The van der Waals surface area contributed by atoms with Crippen LogP contribution in [-0.2, 0) is 10.4 Å². The second-order valence-corrected chi connectivity index (χ2v) is 10.9. The fraction of sp³-hybridized carbons (Fsp3) is 0.643. The van der Waals surface area contributed by atoms with Gasteiger partial charge in [0, 0.05) is 39.3 Å². The lowest BCUT2D eigenvalue weighted by atomic mass is 9.98. The highest BCUT2D eigenvalue weighted by molar-refractivity contribution is 6.03. The molecule has 3 fully saturated rings. The van der Waals surface area contributed by atoms with Gasteiger partial charge in [-0.1, -0.05) is 13.3 Å². The minimum Gasteiger partial charge on any atom is -0.446 e. The van der Waals surface area contributed by atoms with E-state index in [9.17, 15) is 9.59 Å². The van der Waals surface area contributed by atoms with Crippen LogP contribution in [0.2, 0.25) is 0 Å². The molecule has 11 heteroatoms. The number of hydrogen-bond acceptors (Lipinski definition) is 8. The highest BCUT2D eigenvalue weighted by atomic mass is 19.1. The number of nitrogens with one attached hydrogen (secondary N) is 1. The quantitative estimate of drug-likeness (QED) is 0.515. The Bertz CT molecular complexity index is 1130. The second kappa shape index (κ2) is 11.8. The molecule has 0 aromatic carbocycles. The molecule has 0 bridgehead atoms. The van der Waals surface area contributed by atoms with Crippen LogP contribution < -0.4 is 15.1 Å². The summed E-state index contributed by atoms with van der Waals surface area (Å²) in [5.74, 6) is 0.0938. The van der Waals surface area contributed by atoms with Crippen molar-refractivity contribution in [2.45, 2.75) is 77.0 Å². The number of amides is 2. The van der Waals surface area contributed by atoms with E-state index in [0.717, 1.165) is 57.4 Å². The van der Waals surface area contributed by atoms with Gasteiger partial charge in [-0.15, -0.1) is 0 Å². The van der Waals surface area contributed by atoms with Crippen molar-refractivity contribution in [3.8, 4) is 0 Å². The molecule has 3 aliphatic rings. The summed E-state index contributed by atoms with van der Waals surface area (Å²) in [6.07, 6.45) is 8.98. The Hall–Kier alpha value is -3.37. The molecule has 4 heterocycles. The molecule has 1 aliphatic carbocycles. The van der Waals surface area contributed by atoms with E-state index in [1.165, 1.54) is 13.3 Å². The smallest absolute Gasteiger partial charge is 0.410 e. The van der Waals surface area contributed by atoms with Crippen LogP contribution in [0.5, 0.6) is 0 Å². The molecule has 39 heavy (non-hydrogen) atoms. The Morgan fingerprint density at radius 3 is 2.41 bits per heavy atom. The maximum atomic E-state index is 15.3. The molecule has 2 saturated heterocycles. The number of alkyl halides is 1. The molecule has 1 unspecified atom stereocenters. The minimum atomic E-state index is -1.79. The number of halogens is 1. The lowest BCUT2D eigenvalue weighted by Gasteiger charge is -2.35. The van der Waals surface area contributed by atoms with Crippen molar-refractivity contribution in [2.75, 3.05) is 54.4 Å². The zero-order valence-corrected chi connectivity index (χ0v) is 23.0. The van der Waals surface area contributed by atoms with Crippen molar-refractivity contribution in [3.05, 3.63) is 29.8 Å². The number of anilines is 3. The molecule has 212 valence electrons. The fourth-order valence-electron chi connectivity index (χ4n) is 5.38. The predicted octanol–water partition coefficient (Wildman–Crippen LogP) is 5.11. The number of rotatable bonds is 7. The van der Waals surface area contributed by atoms with E-state index in [2.05, 4.69) is 20.2 Å². The summed E-state index contributed by atoms with van der Waals surface area (Å²) >= 11 is 0. The van der Waals surface area contributed by atoms with Crippen molar-refractivity contribution >= 4 is 29.5 Å². The van der Waals surface area contributed by atoms with Gasteiger partial charge in [-0.2, -0.15) is 4.98 Å². The van der Waals surface area contributed by atoms with Crippen molar-refractivity contribution < 1.29 is 23.1 Å². The summed E-state index contributed by atoms with van der Waals surface area (Å²) in [4.78, 5) is 40.4. The topological polar surface area (TPSA) is 104 Å². The third-order valence-corrected chi connectivity index (χ3v) is 8.04. The van der Waals surface area contributed by atoms with Gasteiger partial charge < -0.3 is 29.2 Å². The standard InChI is InChI=1S/C28H39FN6O4/c1-3-28(2,29)24-23(39-26(32-24)34-13-7-8-14-34)25(36)31-20-11-12-22(30-19-20)33-15-17-35(18-16-33)27(37)38-21-9-5-4-6-10-21/h11-12,19,21H,3-10,13-18H2,1-2H3,(H,31,36). The first kappa shape index (κ1) is 27.2. The Labute approximate surface area is 228 Å². The van der Waals surface area contributed by atoms with Gasteiger partial charge in [0.05, 0.1) is 11.9 Å². The largest absolute Gasteiger partial charge is 0.446 e. The predicted molar refractivity (Wildman–Crippen MR) is 146 cm³/mol. The molecule has 1 atom stereocenters. The molecule has 1 saturated carbocycles. The molecule has 0 spiro atoms. The average molecular weight is 543 g/mol. The highest BCUT2D eigenvalue weighted by Crippen LogP contribution is 2.35. The maximum absolute atomic E-state index is 15.3. The molecular formula is C28H39FN6O4. The van der Waals surface area contributed by atoms with Crippen LogP contribution in [0.3, 0.4) is 0 Å². The number of piperazine rings is 1. The van der Waals surface area contributed by atoms with Crippen LogP contribution in [0.4, 0.5) is 26.7 Å². The Kier molecular flexibility index (Phi) is 8.23. The van der Waals surface area contributed by atoms with Crippen LogP contribution in [0, 0.1) is 0 Å². The van der Waals surface area contributed by atoms with Gasteiger partial charge in [-0.25, -0.2) is 14.2 Å². The van der Waals surface area contributed by atoms with Gasteiger partial charge in [0.25, 0.3) is 11.9 Å². The molecule has 2 amide bonds. The molecule has 2 aromatic heterocycles. The molecule has 2 aliphatic heterocycles. The molecule has 5 rings (SSSR count). The Morgan fingerprint density at radius 1 is 1.05 bits per heavy atom. The normalized spacial score (nSPS) is 20.1. The van der Waals surface area contributed by atoms with E-state index in [1.54, 1.807) is 24.1 Å². The van der Waals surface area contributed by atoms with Gasteiger partial charge >= 0.3 is 6.09 Å². The SMILES string of the molecule is CCC(C)(F)c1nc(N2CCCC2)oc1C(=O)Nc1ccc(N2CCN(C(=O)OC3CCCCC3)CC2)nc1. The summed E-state index contributed by atoms with van der Waals surface area (Å²) in [6, 6.07) is 3.88. The van der Waals surface area contributed by atoms with E-state index >= 15 is 4.39 Å². The fourth-order valence-corrected chi connectivity index (χ4v) is 5.38. The number of carbonyl (C=O) groups excluding carboxylic acids is 2. The molecule has 1 N–H and O–H groups in total. The van der Waals surface area contributed by atoms with Crippen molar-refractivity contribution in [3.63, 3.8) is 0 Å². The molecular weight excluding hydrogens is 503 g/mol. The van der Waals surface area contributed by atoms with Gasteiger partial charge in [0.2, 0.25) is 5.76 Å². The van der Waals surface area contributed by atoms with Gasteiger partial charge in [0.15, 0.2) is 5.67 Å². The minimum absolute atomic E-state index is 0.0221. The summed E-state index contributed by atoms with van der Waals surface area (Å²) in [5, 5.41) is 2.78. The van der Waals surface area contributed by atoms with Crippen molar-refractivity contribution in [1.82, 2.24) is 14.9 Å². The third kappa shape index (κ3) is 6.28. The van der Waals surface area contributed by atoms with Crippen LogP contribution >= 0.6 is 0 Å². The number of oxazole rings is 1. The summed E-state index contributed by atoms with van der Waals surface area (Å²) in [6.45, 7) is 7.11. The zero-order chi connectivity index (χ0) is 27.4. The third-order valence-electron chi connectivity index (χ3n) is 8.04. The first-order chi connectivity index (χ1) is 18.8. The summed E-state index contributed by atoms with van der Waals surface area (Å²) in [7, 11) is 0. The number of aromatic nitrogens is 2. The van der Waals surface area contributed by atoms with Crippen molar-refractivity contribution in [2.24, 2.45) is 0 Å². The highest BCUT2D eigenvalue weighted by Gasteiger charge is 2.36. The monoisotopic (exact) mass is 542 g/mol. The maximum Gasteiger partial charge on any atom is 0.410 e. The van der Waals surface area contributed by atoms with E-state index in [1.807, 2.05) is 11.0 Å². The average Bonchev–Trinajstić information content (AvgIpc) is 3.65. The van der Waals surface area contributed by atoms with Crippen LogP contribution in [0.15, 0.2) is 22.7 Å². The van der Waals surface area contributed by atoms with E-state index in [-0.39, 0.29) is 30.1 Å². The van der Waals surface area contributed by atoms with Gasteiger partial charge in [0.1, 0.15) is 17.6 Å². The lowest BCUT2D eigenvalue weighted by Crippen LogP contribution is -2.49. The summed E-state index contributed by atoms with van der Waals surface area (Å²) < 4.78 is 26.8. The van der Waals surface area contributed by atoms with E-state index in [4.69, 9.17) is 9.15 Å². The lowest BCUT2D eigenvalue weighted by molar-refractivity contribution is 0.0446. The summed E-state index contributed by atoms with van der Waals surface area (Å²) in [5.41, 5.74) is -1.30. The number of ether oxygens (including phenoxy) is 1. The van der Waals surface area contributed by atoms with Gasteiger partial charge in [-0.3, -0.25) is 4.79 Å². The van der Waals surface area contributed by atoms with Gasteiger partial charge in [-0.05, 0) is 64.0 Å². The Morgan fingerprint density at radius 2 is 1.77 bits per heavy atom. The zero-order valence-electron chi connectivity index (χ0n) is 23.0. The van der Waals surface area contributed by atoms with E-state index < -0.39 is 11.6 Å². The van der Waals surface area contributed by atoms with Crippen LogP contribution in [0.25, 0.3) is 0 Å². The molecule has 10 nitrogen and oxygen atoms in total.